The predicted octanol–water partition coefficient (Wildman–Crippen LogP) is 2.59. The van der Waals surface area contributed by atoms with Crippen LogP contribution in [-0.4, -0.2) is 44.4 Å². The number of rotatable bonds is 6. The maximum atomic E-state index is 15.1. The highest BCUT2D eigenvalue weighted by atomic mass is 19.3. The normalized spacial score (nSPS) is 19.8. The van der Waals surface area contributed by atoms with Gasteiger partial charge in [-0.1, -0.05) is 23.8 Å². The van der Waals surface area contributed by atoms with Gasteiger partial charge >= 0.3 is 5.69 Å². The third-order valence-electron chi connectivity index (χ3n) is 7.22. The lowest BCUT2D eigenvalue weighted by Crippen LogP contribution is -2.43. The van der Waals surface area contributed by atoms with E-state index in [0.717, 1.165) is 60.5 Å². The van der Waals surface area contributed by atoms with Crippen molar-refractivity contribution in [3.8, 4) is 0 Å². The summed E-state index contributed by atoms with van der Waals surface area (Å²) in [7, 11) is 1.43. The van der Waals surface area contributed by atoms with Gasteiger partial charge in [-0.05, 0) is 38.3 Å². The first-order valence-corrected chi connectivity index (χ1v) is 12.0. The smallest absolute Gasteiger partial charge is 0.332 e. The summed E-state index contributed by atoms with van der Waals surface area (Å²) in [5, 5.41) is 3.39. The van der Waals surface area contributed by atoms with E-state index in [1.54, 1.807) is 4.57 Å². The molecular weight excluding hydrogens is 473 g/mol. The number of aryl methyl sites for hydroxylation is 1. The third-order valence-corrected chi connectivity index (χ3v) is 7.22. The number of nitrogens with one attached hydrogen (secondary N) is 1. The fourth-order valence-corrected chi connectivity index (χ4v) is 5.25. The predicted molar refractivity (Wildman–Crippen MR) is 131 cm³/mol. The first-order chi connectivity index (χ1) is 17.1. The Hall–Kier alpha value is -3.34. The molecule has 0 saturated carbocycles. The molecule has 2 aliphatic heterocycles. The van der Waals surface area contributed by atoms with Gasteiger partial charge < -0.3 is 14.8 Å². The number of halogens is 3. The Labute approximate surface area is 205 Å². The molecule has 0 spiro atoms. The van der Waals surface area contributed by atoms with Gasteiger partial charge in [0.1, 0.15) is 5.82 Å². The Kier molecular flexibility index (Phi) is 6.06. The van der Waals surface area contributed by atoms with Crippen LogP contribution in [0.4, 0.5) is 19.1 Å². The molecule has 1 N–H and O–H groups in total. The number of aromatic nitrogens is 4. The van der Waals surface area contributed by atoms with Crippen LogP contribution in [0.15, 0.2) is 45.5 Å². The summed E-state index contributed by atoms with van der Waals surface area (Å²) in [6, 6.07) is 3.99. The molecule has 5 rings (SSSR count). The van der Waals surface area contributed by atoms with Crippen LogP contribution in [0.5, 0.6) is 0 Å². The molecule has 0 aliphatic carbocycles. The fraction of sp³-hybridized carbons (Fsp3) is 0.480. The lowest BCUT2D eigenvalue weighted by Gasteiger charge is -2.25. The Bertz CT molecular complexity index is 1450. The Morgan fingerprint density at radius 1 is 1.17 bits per heavy atom. The average Bonchev–Trinajstić information content (AvgIpc) is 3.54. The average molecular weight is 503 g/mol. The van der Waals surface area contributed by atoms with Crippen LogP contribution < -0.4 is 21.5 Å². The van der Waals surface area contributed by atoms with Gasteiger partial charge in [-0.15, -0.1) is 0 Å². The minimum absolute atomic E-state index is 0.105. The maximum Gasteiger partial charge on any atom is 0.332 e. The van der Waals surface area contributed by atoms with E-state index in [0.29, 0.717) is 23.0 Å². The topological polar surface area (TPSA) is 77.1 Å². The van der Waals surface area contributed by atoms with Crippen LogP contribution >= 0.6 is 0 Å². The highest BCUT2D eigenvalue weighted by molar-refractivity contribution is 5.75. The highest BCUT2D eigenvalue weighted by Crippen LogP contribution is 2.33. The van der Waals surface area contributed by atoms with Crippen molar-refractivity contribution < 1.29 is 13.2 Å². The van der Waals surface area contributed by atoms with Crippen molar-refractivity contribution in [3.63, 3.8) is 0 Å². The summed E-state index contributed by atoms with van der Waals surface area (Å²) in [4.78, 5) is 33.6. The van der Waals surface area contributed by atoms with Crippen LogP contribution in [-0.2, 0) is 26.1 Å². The molecule has 0 unspecified atom stereocenters. The van der Waals surface area contributed by atoms with Crippen molar-refractivity contribution in [1.29, 1.82) is 0 Å². The molecule has 2 atom stereocenters. The van der Waals surface area contributed by atoms with Crippen molar-refractivity contribution in [1.82, 2.24) is 24.0 Å². The molecule has 4 heterocycles. The number of hydrogen-bond donors (Lipinski definition) is 1. The number of fused-ring (bicyclic) bond motifs is 2. The summed E-state index contributed by atoms with van der Waals surface area (Å²) in [6.07, 6.45) is 2.92. The lowest BCUT2D eigenvalue weighted by molar-refractivity contribution is -0.0244. The number of hydrogen-bond acceptors (Lipinski definition) is 5. The maximum absolute atomic E-state index is 15.1. The molecule has 0 radical (unpaired) electrons. The standard InChI is InChI=1S/C25H29F3N6O2/c1-15(2)8-10-33-20-21(30-23(33)32-11-9-16-12-29-13-19(16)32)31(3)24(36)34(22(20)35)14-25(27,28)17-4-6-18(26)7-5-17/h4-8,16,19,29H,9-14H2,1-3H3/t16-,19+/m1/s1. The van der Waals surface area contributed by atoms with E-state index in [1.807, 2.05) is 19.9 Å². The fourth-order valence-electron chi connectivity index (χ4n) is 5.25. The van der Waals surface area contributed by atoms with Gasteiger partial charge in [0.2, 0.25) is 5.95 Å². The van der Waals surface area contributed by atoms with Crippen LogP contribution in [0.25, 0.3) is 11.2 Å². The molecule has 36 heavy (non-hydrogen) atoms. The molecule has 2 saturated heterocycles. The zero-order valence-corrected chi connectivity index (χ0v) is 20.5. The van der Waals surface area contributed by atoms with E-state index in [9.17, 15) is 14.0 Å². The first kappa shape index (κ1) is 24.4. The molecule has 2 fully saturated rings. The molecule has 3 aromatic rings. The van der Waals surface area contributed by atoms with Gasteiger partial charge in [-0.3, -0.25) is 13.9 Å². The van der Waals surface area contributed by atoms with Crippen LogP contribution in [0, 0.1) is 11.7 Å². The van der Waals surface area contributed by atoms with Crippen LogP contribution in [0.3, 0.4) is 0 Å². The Morgan fingerprint density at radius 2 is 1.89 bits per heavy atom. The van der Waals surface area contributed by atoms with E-state index in [-0.39, 0.29) is 17.2 Å². The molecule has 1 aromatic carbocycles. The molecule has 2 aliphatic rings. The van der Waals surface area contributed by atoms with E-state index >= 15 is 8.78 Å². The van der Waals surface area contributed by atoms with Crippen molar-refractivity contribution >= 4 is 17.1 Å². The number of alkyl halides is 2. The molecule has 8 nitrogen and oxygen atoms in total. The van der Waals surface area contributed by atoms with Crippen molar-refractivity contribution in [2.24, 2.45) is 13.0 Å². The number of imidazole rings is 1. The monoisotopic (exact) mass is 502 g/mol. The van der Waals surface area contributed by atoms with Gasteiger partial charge in [-0.25, -0.2) is 9.18 Å². The summed E-state index contributed by atoms with van der Waals surface area (Å²) in [5.74, 6) is -3.19. The number of anilines is 1. The van der Waals surface area contributed by atoms with Crippen molar-refractivity contribution in [2.75, 3.05) is 24.5 Å². The second-order valence-corrected chi connectivity index (χ2v) is 9.89. The zero-order valence-electron chi connectivity index (χ0n) is 20.5. The van der Waals surface area contributed by atoms with E-state index < -0.39 is 35.1 Å². The summed E-state index contributed by atoms with van der Waals surface area (Å²) >= 11 is 0. The molecule has 0 amide bonds. The minimum Gasteiger partial charge on any atom is -0.338 e. The molecule has 0 bridgehead atoms. The van der Waals surface area contributed by atoms with Crippen LogP contribution in [0.2, 0.25) is 0 Å². The summed E-state index contributed by atoms with van der Waals surface area (Å²) in [6.45, 7) is 5.49. The minimum atomic E-state index is -3.57. The second kappa shape index (κ2) is 8.95. The van der Waals surface area contributed by atoms with E-state index in [1.165, 1.54) is 7.05 Å². The SMILES string of the molecule is CC(C)=CCn1c(N2CC[C@@H]3CNC[C@@H]32)nc2c1c(=O)n(CC(F)(F)c1ccc(F)cc1)c(=O)n2C. The lowest BCUT2D eigenvalue weighted by atomic mass is 10.1. The molecular formula is C25H29F3N6O2. The Morgan fingerprint density at radius 3 is 2.58 bits per heavy atom. The number of allylic oxidation sites excluding steroid dienone is 2. The third kappa shape index (κ3) is 4.04. The summed E-state index contributed by atoms with van der Waals surface area (Å²) < 4.78 is 47.0. The number of nitrogens with zero attached hydrogens (tertiary/aromatic N) is 5. The quantitative estimate of drug-likeness (QED) is 0.525. The van der Waals surface area contributed by atoms with Gasteiger partial charge in [-0.2, -0.15) is 13.8 Å². The number of benzene rings is 1. The van der Waals surface area contributed by atoms with Crippen molar-refractivity contribution in [2.45, 2.75) is 45.3 Å². The largest absolute Gasteiger partial charge is 0.338 e. The molecule has 192 valence electrons. The second-order valence-electron chi connectivity index (χ2n) is 9.89. The molecule has 11 heteroatoms. The first-order valence-electron chi connectivity index (χ1n) is 12.0. The highest BCUT2D eigenvalue weighted by Gasteiger charge is 2.40. The van der Waals surface area contributed by atoms with Gasteiger partial charge in [0, 0.05) is 44.8 Å². The van der Waals surface area contributed by atoms with Crippen molar-refractivity contribution in [3.05, 3.63) is 68.1 Å². The summed E-state index contributed by atoms with van der Waals surface area (Å²) in [5.41, 5.74) is -0.886. The van der Waals surface area contributed by atoms with Crippen LogP contribution in [0.1, 0.15) is 25.8 Å². The zero-order chi connectivity index (χ0) is 25.8. The van der Waals surface area contributed by atoms with E-state index in [2.05, 4.69) is 10.2 Å². The van der Waals surface area contributed by atoms with E-state index in [4.69, 9.17) is 4.98 Å². The van der Waals surface area contributed by atoms with Gasteiger partial charge in [0.05, 0.1) is 6.54 Å². The Balaban J connectivity index is 1.67. The molecule has 2 aromatic heterocycles. The van der Waals surface area contributed by atoms with Gasteiger partial charge in [0.25, 0.3) is 11.5 Å². The van der Waals surface area contributed by atoms with Gasteiger partial charge in [0.15, 0.2) is 11.2 Å².